The third-order valence-electron chi connectivity index (χ3n) is 9.37. The van der Waals surface area contributed by atoms with E-state index in [1.54, 1.807) is 4.90 Å². The second kappa shape index (κ2) is 15.9. The number of hydrogen-bond donors (Lipinski definition) is 1. The Labute approximate surface area is 293 Å². The molecule has 6 nitrogen and oxygen atoms in total. The van der Waals surface area contributed by atoms with Gasteiger partial charge in [-0.3, -0.25) is 9.98 Å². The van der Waals surface area contributed by atoms with Crippen molar-refractivity contribution in [2.45, 2.75) is 98.6 Å². The number of fused-ring (bicyclic) bond motifs is 4. The minimum absolute atomic E-state index is 0.192. The van der Waals surface area contributed by atoms with Gasteiger partial charge in [0, 0.05) is 28.9 Å². The Balaban J connectivity index is 1.36. The number of carbonyl (C=O) groups excluding carboxylic acids is 1. The normalized spacial score (nSPS) is 14.5. The third-order valence-corrected chi connectivity index (χ3v) is 9.37. The van der Waals surface area contributed by atoms with Crippen LogP contribution >= 0.6 is 0 Å². The Morgan fingerprint density at radius 2 is 1.67 bits per heavy atom. The van der Waals surface area contributed by atoms with E-state index in [4.69, 9.17) is 14.7 Å². The van der Waals surface area contributed by atoms with Crippen molar-refractivity contribution in [3.05, 3.63) is 83.9 Å². The lowest BCUT2D eigenvalue weighted by Gasteiger charge is -2.31. The van der Waals surface area contributed by atoms with Crippen molar-refractivity contribution < 1.29 is 9.53 Å². The first-order valence-electron chi connectivity index (χ1n) is 18.0. The van der Waals surface area contributed by atoms with Crippen LogP contribution in [0.15, 0.2) is 82.8 Å². The fourth-order valence-corrected chi connectivity index (χ4v) is 6.57. The maximum Gasteiger partial charge on any atom is 0.410 e. The highest BCUT2D eigenvalue weighted by Gasteiger charge is 2.27. The lowest BCUT2D eigenvalue weighted by molar-refractivity contribution is 0.0224. The van der Waals surface area contributed by atoms with Gasteiger partial charge in [-0.1, -0.05) is 61.5 Å². The summed E-state index contributed by atoms with van der Waals surface area (Å²) in [5, 5.41) is 8.07. The summed E-state index contributed by atoms with van der Waals surface area (Å²) >= 11 is 0. The number of ether oxygens (including phenoxy) is 1. The van der Waals surface area contributed by atoms with Crippen LogP contribution in [0.4, 0.5) is 10.5 Å². The quantitative estimate of drug-likeness (QED) is 0.122. The van der Waals surface area contributed by atoms with E-state index in [1.807, 2.05) is 54.7 Å². The standard InChI is InChI=1S/C43H54N4O2/c1-9-25-47(42(48)49-43(5,6)7)30(4)29(3)45-40(10-2)37-19-17-33-26-32(15-16-34(33)28-37)35-21-23-39-36(27-35)18-14-31-20-22-38(46-41(31)39)13-11-12-24-44-8/h10,14-19,21,23,26-28,30,44H,9,11-13,20,22,24-25H2,1-8H3. The second-order valence-electron chi connectivity index (χ2n) is 14.3. The van der Waals surface area contributed by atoms with E-state index in [0.29, 0.717) is 6.54 Å². The first-order valence-corrected chi connectivity index (χ1v) is 18.0. The maximum absolute atomic E-state index is 13.0. The summed E-state index contributed by atoms with van der Waals surface area (Å²) < 4.78 is 5.71. The number of nitrogens with zero attached hydrogens (tertiary/aromatic N) is 3. The molecule has 0 aliphatic carbocycles. The number of carbonyl (C=O) groups is 1. The average molecular weight is 659 g/mol. The first kappa shape index (κ1) is 36.0. The minimum Gasteiger partial charge on any atom is -0.444 e. The lowest BCUT2D eigenvalue weighted by Crippen LogP contribution is -2.45. The Kier molecular flexibility index (Phi) is 11.7. The van der Waals surface area contributed by atoms with Gasteiger partial charge >= 0.3 is 6.09 Å². The predicted octanol–water partition coefficient (Wildman–Crippen LogP) is 10.9. The van der Waals surface area contributed by atoms with Crippen LogP contribution < -0.4 is 5.32 Å². The smallest absolute Gasteiger partial charge is 0.410 e. The number of allylic oxidation sites excluding steroid dienone is 1. The van der Waals surface area contributed by atoms with E-state index < -0.39 is 5.60 Å². The number of hydrogen-bond acceptors (Lipinski definition) is 5. The van der Waals surface area contributed by atoms with E-state index in [9.17, 15) is 4.79 Å². The van der Waals surface area contributed by atoms with E-state index in [0.717, 1.165) is 54.6 Å². The molecule has 258 valence electrons. The van der Waals surface area contributed by atoms with Gasteiger partial charge in [-0.15, -0.1) is 0 Å². The molecule has 0 saturated carbocycles. The third kappa shape index (κ3) is 8.85. The van der Waals surface area contributed by atoms with Gasteiger partial charge in [0.15, 0.2) is 0 Å². The van der Waals surface area contributed by atoms with Crippen LogP contribution in [0.25, 0.3) is 38.4 Å². The van der Waals surface area contributed by atoms with E-state index in [-0.39, 0.29) is 12.1 Å². The van der Waals surface area contributed by atoms with Gasteiger partial charge in [-0.25, -0.2) is 4.79 Å². The van der Waals surface area contributed by atoms with Crippen molar-refractivity contribution in [3.8, 4) is 11.1 Å². The van der Waals surface area contributed by atoms with Gasteiger partial charge in [0.2, 0.25) is 0 Å². The molecule has 1 amide bonds. The molecule has 1 atom stereocenters. The predicted molar refractivity (Wildman–Crippen MR) is 210 cm³/mol. The van der Waals surface area contributed by atoms with Gasteiger partial charge < -0.3 is 15.0 Å². The first-order chi connectivity index (χ1) is 23.5. The molecule has 6 heteroatoms. The number of aryl methyl sites for hydroxylation is 1. The van der Waals surface area contributed by atoms with Crippen LogP contribution in [0.2, 0.25) is 0 Å². The zero-order valence-electron chi connectivity index (χ0n) is 30.8. The number of amides is 1. The van der Waals surface area contributed by atoms with Crippen molar-refractivity contribution in [2.24, 2.45) is 9.98 Å². The Morgan fingerprint density at radius 1 is 0.980 bits per heavy atom. The Morgan fingerprint density at radius 3 is 2.39 bits per heavy atom. The number of aliphatic imine (C=N–C) groups is 2. The van der Waals surface area contributed by atoms with E-state index in [2.05, 4.69) is 79.0 Å². The number of nitrogens with one attached hydrogen (secondary N) is 1. The highest BCUT2D eigenvalue weighted by molar-refractivity contribution is 6.02. The van der Waals surface area contributed by atoms with Crippen LogP contribution in [0, 0.1) is 0 Å². The van der Waals surface area contributed by atoms with Crippen LogP contribution in [-0.4, -0.2) is 54.2 Å². The van der Waals surface area contributed by atoms with Gasteiger partial charge in [-0.05, 0) is 145 Å². The summed E-state index contributed by atoms with van der Waals surface area (Å²) in [6.45, 7) is 15.5. The molecule has 1 aliphatic heterocycles. The van der Waals surface area contributed by atoms with Crippen molar-refractivity contribution >= 4 is 50.4 Å². The summed E-state index contributed by atoms with van der Waals surface area (Å²) in [6.07, 6.45) is 8.17. The molecule has 1 heterocycles. The summed E-state index contributed by atoms with van der Waals surface area (Å²) in [5.41, 5.74) is 8.51. The van der Waals surface area contributed by atoms with E-state index >= 15 is 0 Å². The molecular weight excluding hydrogens is 604 g/mol. The van der Waals surface area contributed by atoms with Crippen LogP contribution in [0.1, 0.15) is 91.7 Å². The zero-order valence-corrected chi connectivity index (χ0v) is 30.8. The number of benzene rings is 4. The SMILES string of the molecule is CC=C(N=C(C)C(C)N(CCC)C(=O)OC(C)(C)C)c1ccc2cc(-c3ccc4c5c(ccc4c3)CCC(CCCCNC)=N5)ccc2c1. The maximum atomic E-state index is 13.0. The van der Waals surface area contributed by atoms with Crippen molar-refractivity contribution in [2.75, 3.05) is 20.1 Å². The molecule has 1 aliphatic rings. The largest absolute Gasteiger partial charge is 0.444 e. The zero-order chi connectivity index (χ0) is 35.1. The van der Waals surface area contributed by atoms with Crippen molar-refractivity contribution in [1.29, 1.82) is 0 Å². The Bertz CT molecular complexity index is 1900. The summed E-state index contributed by atoms with van der Waals surface area (Å²) in [4.78, 5) is 25.0. The topological polar surface area (TPSA) is 66.3 Å². The minimum atomic E-state index is -0.549. The number of unbranched alkanes of at least 4 members (excludes halogenated alkanes) is 1. The molecule has 0 fully saturated rings. The number of rotatable bonds is 12. The summed E-state index contributed by atoms with van der Waals surface area (Å²) in [7, 11) is 2.02. The fourth-order valence-electron chi connectivity index (χ4n) is 6.57. The van der Waals surface area contributed by atoms with Gasteiger partial charge in [0.1, 0.15) is 5.60 Å². The molecule has 0 spiro atoms. The van der Waals surface area contributed by atoms with Crippen molar-refractivity contribution in [3.63, 3.8) is 0 Å². The van der Waals surface area contributed by atoms with Gasteiger partial charge in [-0.2, -0.15) is 0 Å². The van der Waals surface area contributed by atoms with Crippen LogP contribution in [-0.2, 0) is 11.2 Å². The molecule has 4 aromatic carbocycles. The summed E-state index contributed by atoms with van der Waals surface area (Å²) in [5.74, 6) is 0. The van der Waals surface area contributed by atoms with E-state index in [1.165, 1.54) is 57.1 Å². The highest BCUT2D eigenvalue weighted by Crippen LogP contribution is 2.37. The molecular formula is C43H54N4O2. The lowest BCUT2D eigenvalue weighted by atomic mass is 9.93. The Hall–Kier alpha value is -4.29. The molecule has 49 heavy (non-hydrogen) atoms. The average Bonchev–Trinajstić information content (AvgIpc) is 3.09. The second-order valence-corrected chi connectivity index (χ2v) is 14.3. The molecule has 5 rings (SSSR count). The fraction of sp³-hybridized carbons (Fsp3) is 0.419. The molecule has 0 radical (unpaired) electrons. The molecule has 1 unspecified atom stereocenters. The molecule has 0 aromatic heterocycles. The molecule has 0 bridgehead atoms. The molecule has 4 aromatic rings. The monoisotopic (exact) mass is 658 g/mol. The highest BCUT2D eigenvalue weighted by atomic mass is 16.6. The summed E-state index contributed by atoms with van der Waals surface area (Å²) in [6, 6.07) is 24.4. The van der Waals surface area contributed by atoms with Gasteiger partial charge in [0.05, 0.1) is 17.4 Å². The van der Waals surface area contributed by atoms with Crippen LogP contribution in [0.5, 0.6) is 0 Å². The van der Waals surface area contributed by atoms with Crippen LogP contribution in [0.3, 0.4) is 0 Å². The molecule has 1 N–H and O–H groups in total. The van der Waals surface area contributed by atoms with Crippen molar-refractivity contribution in [1.82, 2.24) is 10.2 Å². The van der Waals surface area contributed by atoms with Gasteiger partial charge in [0.25, 0.3) is 0 Å². The molecule has 0 saturated heterocycles.